The third-order valence-electron chi connectivity index (χ3n) is 6.44. The van der Waals surface area contributed by atoms with E-state index in [9.17, 15) is 23.3 Å². The first-order chi connectivity index (χ1) is 21.6. The Kier molecular flexibility index (Phi) is 10.7. The summed E-state index contributed by atoms with van der Waals surface area (Å²) in [4.78, 5) is 28.6. The molecular formula is C32H30N4O7S2. The van der Waals surface area contributed by atoms with Crippen LogP contribution in [-0.2, 0) is 19.6 Å². The molecule has 0 saturated carbocycles. The fourth-order valence-electron chi connectivity index (χ4n) is 4.38. The smallest absolute Gasteiger partial charge is 0.264 e. The molecule has 2 amide bonds. The van der Waals surface area contributed by atoms with Gasteiger partial charge in [-0.15, -0.1) is 11.8 Å². The van der Waals surface area contributed by atoms with Crippen LogP contribution in [0, 0.1) is 11.3 Å². The number of nitriles is 1. The minimum atomic E-state index is -3.98. The van der Waals surface area contributed by atoms with Gasteiger partial charge in [0, 0.05) is 35.9 Å². The Labute approximate surface area is 265 Å². The summed E-state index contributed by atoms with van der Waals surface area (Å²) in [7, 11) is 0.562. The molecule has 0 aliphatic rings. The molecule has 0 fully saturated rings. The van der Waals surface area contributed by atoms with Gasteiger partial charge in [0.1, 0.15) is 11.1 Å². The highest BCUT2D eigenvalue weighted by molar-refractivity contribution is 7.99. The maximum absolute atomic E-state index is 12.7. The number of aromatic nitrogens is 1. The molecule has 1 heterocycles. The lowest BCUT2D eigenvalue weighted by molar-refractivity contribution is -0.117. The number of ether oxygens (including phenoxy) is 3. The van der Waals surface area contributed by atoms with Crippen molar-refractivity contribution in [2.45, 2.75) is 23.3 Å². The number of rotatable bonds is 12. The van der Waals surface area contributed by atoms with Gasteiger partial charge in [-0.2, -0.15) is 5.26 Å². The molecule has 3 aromatic carbocycles. The molecular weight excluding hydrogens is 617 g/mol. The largest absolute Gasteiger partial charge is 0.493 e. The lowest BCUT2D eigenvalue weighted by Gasteiger charge is -2.16. The summed E-state index contributed by atoms with van der Waals surface area (Å²) in [6.07, 6.45) is 0.0816. The number of anilines is 1. The summed E-state index contributed by atoms with van der Waals surface area (Å²) in [6, 6.07) is 22.6. The number of hydrogen-bond acceptors (Lipinski definition) is 10. The van der Waals surface area contributed by atoms with Gasteiger partial charge >= 0.3 is 0 Å². The van der Waals surface area contributed by atoms with Crippen LogP contribution in [0.2, 0.25) is 0 Å². The minimum Gasteiger partial charge on any atom is -0.493 e. The maximum Gasteiger partial charge on any atom is 0.264 e. The van der Waals surface area contributed by atoms with Gasteiger partial charge in [-0.25, -0.2) is 18.1 Å². The highest BCUT2D eigenvalue weighted by Gasteiger charge is 2.21. The topological polar surface area (TPSA) is 157 Å². The first-order valence-electron chi connectivity index (χ1n) is 13.5. The molecule has 0 aliphatic heterocycles. The lowest BCUT2D eigenvalue weighted by Crippen LogP contribution is -2.28. The van der Waals surface area contributed by atoms with Gasteiger partial charge in [0.15, 0.2) is 11.5 Å². The number of nitrogens with one attached hydrogen (secondary N) is 2. The Morgan fingerprint density at radius 2 is 1.56 bits per heavy atom. The first-order valence-corrected chi connectivity index (χ1v) is 15.9. The van der Waals surface area contributed by atoms with Crippen LogP contribution in [0.5, 0.6) is 17.2 Å². The fraction of sp³-hybridized carbons (Fsp3) is 0.188. The standard InChI is InChI=1S/C32H30N4O7S2/c1-20(37)36-45(39,40)24-12-10-23(11-13-24)34-30(38)14-15-44-32-26(19-33)25(18-27(35-32)21-8-6-5-7-9-21)22-16-28(41-2)31(43-4)29(17-22)42-3/h5-13,16-18H,14-15H2,1-4H3,(H,34,38)(H,36,37). The molecule has 232 valence electrons. The molecule has 4 rings (SSSR count). The number of methoxy groups -OCH3 is 3. The van der Waals surface area contributed by atoms with Gasteiger partial charge < -0.3 is 19.5 Å². The number of hydrogen-bond donors (Lipinski definition) is 2. The Bertz CT molecular complexity index is 1830. The summed E-state index contributed by atoms with van der Waals surface area (Å²) in [5, 5.41) is 13.4. The Morgan fingerprint density at radius 3 is 2.11 bits per heavy atom. The van der Waals surface area contributed by atoms with Crippen LogP contribution in [0.15, 0.2) is 82.7 Å². The van der Waals surface area contributed by atoms with Crippen LogP contribution in [-0.4, -0.2) is 52.3 Å². The second-order valence-electron chi connectivity index (χ2n) is 9.46. The maximum atomic E-state index is 12.7. The van der Waals surface area contributed by atoms with Crippen molar-refractivity contribution in [1.82, 2.24) is 9.71 Å². The zero-order chi connectivity index (χ0) is 32.6. The Balaban J connectivity index is 1.59. The van der Waals surface area contributed by atoms with E-state index >= 15 is 0 Å². The summed E-state index contributed by atoms with van der Waals surface area (Å²) >= 11 is 1.27. The number of carbonyl (C=O) groups excluding carboxylic acids is 2. The summed E-state index contributed by atoms with van der Waals surface area (Å²) in [5.74, 6) is 0.562. The van der Waals surface area contributed by atoms with Gasteiger partial charge in [-0.1, -0.05) is 30.3 Å². The monoisotopic (exact) mass is 646 g/mol. The molecule has 2 N–H and O–H groups in total. The predicted molar refractivity (Wildman–Crippen MR) is 171 cm³/mol. The van der Waals surface area contributed by atoms with E-state index in [2.05, 4.69) is 11.4 Å². The molecule has 0 spiro atoms. The highest BCUT2D eigenvalue weighted by Crippen LogP contribution is 2.43. The molecule has 1 aromatic heterocycles. The average Bonchev–Trinajstić information content (AvgIpc) is 3.03. The number of sulfonamides is 1. The third kappa shape index (κ3) is 7.91. The number of carbonyl (C=O) groups is 2. The number of pyridine rings is 1. The minimum absolute atomic E-state index is 0.0816. The van der Waals surface area contributed by atoms with E-state index in [0.29, 0.717) is 56.1 Å². The Morgan fingerprint density at radius 1 is 0.911 bits per heavy atom. The zero-order valence-corrected chi connectivity index (χ0v) is 26.5. The molecule has 0 saturated heterocycles. The van der Waals surface area contributed by atoms with Gasteiger partial charge in [0.2, 0.25) is 17.6 Å². The van der Waals surface area contributed by atoms with Gasteiger partial charge in [0.25, 0.3) is 10.0 Å². The molecule has 0 atom stereocenters. The van der Waals surface area contributed by atoms with Crippen LogP contribution < -0.4 is 24.2 Å². The summed E-state index contributed by atoms with van der Waals surface area (Å²) in [6.45, 7) is 1.10. The van der Waals surface area contributed by atoms with Gasteiger partial charge in [0.05, 0.1) is 37.5 Å². The molecule has 13 heteroatoms. The van der Waals surface area contributed by atoms with Crippen molar-refractivity contribution in [3.63, 3.8) is 0 Å². The van der Waals surface area contributed by atoms with Gasteiger partial charge in [-0.05, 0) is 48.0 Å². The lowest BCUT2D eigenvalue weighted by atomic mass is 9.98. The summed E-state index contributed by atoms with van der Waals surface area (Å²) < 4.78 is 42.7. The normalized spacial score (nSPS) is 10.8. The van der Waals surface area contributed by atoms with Crippen LogP contribution in [0.25, 0.3) is 22.4 Å². The summed E-state index contributed by atoms with van der Waals surface area (Å²) in [5.41, 5.74) is 3.46. The average molecular weight is 647 g/mol. The zero-order valence-electron chi connectivity index (χ0n) is 24.9. The highest BCUT2D eigenvalue weighted by atomic mass is 32.2. The van der Waals surface area contributed by atoms with E-state index < -0.39 is 15.9 Å². The number of nitrogens with zero attached hydrogens (tertiary/aromatic N) is 2. The molecule has 0 radical (unpaired) electrons. The van der Waals surface area contributed by atoms with Gasteiger partial charge in [-0.3, -0.25) is 9.59 Å². The molecule has 45 heavy (non-hydrogen) atoms. The second kappa shape index (κ2) is 14.6. The third-order valence-corrected chi connectivity index (χ3v) is 8.86. The number of amides is 2. The van der Waals surface area contributed by atoms with E-state index in [1.54, 1.807) is 12.1 Å². The van der Waals surface area contributed by atoms with E-state index in [1.807, 2.05) is 41.1 Å². The van der Waals surface area contributed by atoms with Crippen molar-refractivity contribution in [3.8, 4) is 45.7 Å². The van der Waals surface area contributed by atoms with Crippen LogP contribution in [0.3, 0.4) is 0 Å². The molecule has 11 nitrogen and oxygen atoms in total. The van der Waals surface area contributed by atoms with Crippen molar-refractivity contribution < 1.29 is 32.2 Å². The predicted octanol–water partition coefficient (Wildman–Crippen LogP) is 5.26. The Hall–Kier alpha value is -5.06. The second-order valence-corrected chi connectivity index (χ2v) is 12.2. The molecule has 0 aliphatic carbocycles. The van der Waals surface area contributed by atoms with Crippen molar-refractivity contribution in [1.29, 1.82) is 5.26 Å². The van der Waals surface area contributed by atoms with Crippen LogP contribution in [0.4, 0.5) is 5.69 Å². The van der Waals surface area contributed by atoms with Crippen molar-refractivity contribution in [3.05, 3.63) is 78.4 Å². The van der Waals surface area contributed by atoms with E-state index in [-0.39, 0.29) is 17.2 Å². The fourth-order valence-corrected chi connectivity index (χ4v) is 6.32. The molecule has 4 aromatic rings. The molecule has 0 unspecified atom stereocenters. The van der Waals surface area contributed by atoms with Crippen molar-refractivity contribution in [2.24, 2.45) is 0 Å². The molecule has 0 bridgehead atoms. The number of thioether (sulfide) groups is 1. The van der Waals surface area contributed by atoms with E-state index in [0.717, 1.165) is 12.5 Å². The SMILES string of the molecule is COc1cc(-c2cc(-c3ccccc3)nc(SCCC(=O)Nc3ccc(S(=O)(=O)NC(C)=O)cc3)c2C#N)cc(OC)c1OC. The van der Waals surface area contributed by atoms with E-state index in [4.69, 9.17) is 19.2 Å². The first kappa shape index (κ1) is 32.8. The quantitative estimate of drug-likeness (QED) is 0.195. The van der Waals surface area contributed by atoms with Crippen LogP contribution in [0.1, 0.15) is 18.9 Å². The van der Waals surface area contributed by atoms with Crippen molar-refractivity contribution in [2.75, 3.05) is 32.4 Å². The van der Waals surface area contributed by atoms with Crippen LogP contribution >= 0.6 is 11.8 Å². The number of benzene rings is 3. The van der Waals surface area contributed by atoms with E-state index in [1.165, 1.54) is 57.4 Å². The van der Waals surface area contributed by atoms with Crippen molar-refractivity contribution >= 4 is 39.3 Å².